The molecule has 8 heteroatoms. The molecular formula is C21H15ClN2O4S. The largest absolute Gasteiger partial charge is 0.497 e. The maximum absolute atomic E-state index is 12.9. The Morgan fingerprint density at radius 3 is 2.38 bits per heavy atom. The SMILES string of the molecule is COc1ccc(S(=O)(=O)c2ccc(NC(=O)c3ccccc3Cl)cc2C#N)cc1. The summed E-state index contributed by atoms with van der Waals surface area (Å²) in [5.41, 5.74) is 0.459. The molecule has 0 fully saturated rings. The number of carbonyl (C=O) groups excluding carboxylic acids is 1. The lowest BCUT2D eigenvalue weighted by Gasteiger charge is -2.11. The van der Waals surface area contributed by atoms with Crippen molar-refractivity contribution in [2.45, 2.75) is 9.79 Å². The molecule has 3 aromatic rings. The lowest BCUT2D eigenvalue weighted by molar-refractivity contribution is 0.102. The number of hydrogen-bond donors (Lipinski definition) is 1. The molecule has 0 saturated carbocycles. The van der Waals surface area contributed by atoms with Gasteiger partial charge in [0.2, 0.25) is 9.84 Å². The number of halogens is 1. The van der Waals surface area contributed by atoms with E-state index in [9.17, 15) is 18.5 Å². The van der Waals surface area contributed by atoms with Gasteiger partial charge in [-0.15, -0.1) is 0 Å². The van der Waals surface area contributed by atoms with Gasteiger partial charge >= 0.3 is 0 Å². The van der Waals surface area contributed by atoms with E-state index in [0.717, 1.165) is 0 Å². The Labute approximate surface area is 173 Å². The standard InChI is InChI=1S/C21H15ClN2O4S/c1-28-16-7-9-17(10-8-16)29(26,27)20-11-6-15(12-14(20)13-23)24-21(25)18-4-2-3-5-19(18)22/h2-12H,1H3,(H,24,25). The van der Waals surface area contributed by atoms with Crippen LogP contribution in [0.15, 0.2) is 76.5 Å². The molecule has 0 aliphatic carbocycles. The van der Waals surface area contributed by atoms with Crippen LogP contribution in [0.1, 0.15) is 15.9 Å². The Morgan fingerprint density at radius 1 is 1.07 bits per heavy atom. The first-order valence-corrected chi connectivity index (χ1v) is 10.2. The van der Waals surface area contributed by atoms with Crippen LogP contribution in [0, 0.1) is 11.3 Å². The molecule has 29 heavy (non-hydrogen) atoms. The Morgan fingerprint density at radius 2 is 1.76 bits per heavy atom. The zero-order valence-electron chi connectivity index (χ0n) is 15.2. The summed E-state index contributed by atoms with van der Waals surface area (Å²) in [7, 11) is -2.44. The van der Waals surface area contributed by atoms with Crippen LogP contribution >= 0.6 is 11.6 Å². The highest BCUT2D eigenvalue weighted by molar-refractivity contribution is 7.91. The van der Waals surface area contributed by atoms with Crippen molar-refractivity contribution >= 4 is 33.0 Å². The number of anilines is 1. The Kier molecular flexibility index (Phi) is 5.87. The van der Waals surface area contributed by atoms with Crippen LogP contribution in [0.3, 0.4) is 0 Å². The molecule has 0 radical (unpaired) electrons. The van der Waals surface area contributed by atoms with Crippen molar-refractivity contribution in [1.29, 1.82) is 5.26 Å². The zero-order chi connectivity index (χ0) is 21.0. The minimum Gasteiger partial charge on any atom is -0.497 e. The lowest BCUT2D eigenvalue weighted by atomic mass is 10.2. The highest BCUT2D eigenvalue weighted by Gasteiger charge is 2.22. The number of sulfone groups is 1. The molecule has 146 valence electrons. The molecule has 0 aliphatic heterocycles. The first kappa shape index (κ1) is 20.4. The maximum Gasteiger partial charge on any atom is 0.257 e. The molecule has 0 heterocycles. The van der Waals surface area contributed by atoms with Gasteiger partial charge in [-0.2, -0.15) is 5.26 Å². The monoisotopic (exact) mass is 426 g/mol. The summed E-state index contributed by atoms with van der Waals surface area (Å²) in [5, 5.41) is 12.4. The van der Waals surface area contributed by atoms with Crippen molar-refractivity contribution in [2.24, 2.45) is 0 Å². The first-order valence-electron chi connectivity index (χ1n) is 8.36. The summed E-state index contributed by atoms with van der Waals surface area (Å²) < 4.78 is 30.9. The van der Waals surface area contributed by atoms with E-state index in [2.05, 4.69) is 5.32 Å². The van der Waals surface area contributed by atoms with E-state index >= 15 is 0 Å². The fraction of sp³-hybridized carbons (Fsp3) is 0.0476. The van der Waals surface area contributed by atoms with Gasteiger partial charge in [0.25, 0.3) is 5.91 Å². The number of nitrogens with zero attached hydrogens (tertiary/aromatic N) is 1. The molecule has 0 bridgehead atoms. The Bertz CT molecular complexity index is 1220. The van der Waals surface area contributed by atoms with Crippen molar-refractivity contribution in [3.05, 3.63) is 82.9 Å². The average Bonchev–Trinajstić information content (AvgIpc) is 2.73. The fourth-order valence-corrected chi connectivity index (χ4v) is 4.27. The second-order valence-corrected chi connectivity index (χ2v) is 8.26. The van der Waals surface area contributed by atoms with E-state index in [-0.39, 0.29) is 31.6 Å². The predicted octanol–water partition coefficient (Wildman–Crippen LogP) is 4.31. The second-order valence-electron chi connectivity index (χ2n) is 5.94. The molecule has 1 amide bonds. The molecule has 0 aliphatic rings. The van der Waals surface area contributed by atoms with E-state index in [0.29, 0.717) is 5.75 Å². The molecule has 0 saturated heterocycles. The van der Waals surface area contributed by atoms with Crippen molar-refractivity contribution in [1.82, 2.24) is 0 Å². The quantitative estimate of drug-likeness (QED) is 0.655. The van der Waals surface area contributed by atoms with Gasteiger partial charge in [-0.25, -0.2) is 8.42 Å². The maximum atomic E-state index is 12.9. The topological polar surface area (TPSA) is 96.3 Å². The molecule has 0 atom stereocenters. The van der Waals surface area contributed by atoms with Crippen LogP contribution in [0.4, 0.5) is 5.69 Å². The molecule has 6 nitrogen and oxygen atoms in total. The van der Waals surface area contributed by atoms with Gasteiger partial charge in [0.05, 0.1) is 33.1 Å². The van der Waals surface area contributed by atoms with Crippen LogP contribution in [0.2, 0.25) is 5.02 Å². The van der Waals surface area contributed by atoms with Crippen LogP contribution < -0.4 is 10.1 Å². The normalized spacial score (nSPS) is 10.8. The van der Waals surface area contributed by atoms with E-state index in [1.165, 1.54) is 49.6 Å². The minimum absolute atomic E-state index is 0.0302. The number of amides is 1. The van der Waals surface area contributed by atoms with Crippen molar-refractivity contribution in [2.75, 3.05) is 12.4 Å². The molecular weight excluding hydrogens is 412 g/mol. The van der Waals surface area contributed by atoms with E-state index in [1.807, 2.05) is 6.07 Å². The predicted molar refractivity (Wildman–Crippen MR) is 109 cm³/mol. The molecule has 0 aromatic heterocycles. The smallest absolute Gasteiger partial charge is 0.257 e. The molecule has 1 N–H and O–H groups in total. The summed E-state index contributed by atoms with van der Waals surface area (Å²) in [6, 6.07) is 18.3. The Hall–Kier alpha value is -3.34. The number of benzene rings is 3. The van der Waals surface area contributed by atoms with Crippen LogP contribution in [0.5, 0.6) is 5.75 Å². The third-order valence-corrected chi connectivity index (χ3v) is 6.29. The van der Waals surface area contributed by atoms with Crippen LogP contribution in [0.25, 0.3) is 0 Å². The number of carbonyl (C=O) groups is 1. The van der Waals surface area contributed by atoms with E-state index in [4.69, 9.17) is 16.3 Å². The van der Waals surface area contributed by atoms with Crippen LogP contribution in [-0.4, -0.2) is 21.4 Å². The molecule has 3 rings (SSSR count). The van der Waals surface area contributed by atoms with Gasteiger partial charge in [0.1, 0.15) is 11.8 Å². The number of nitriles is 1. The fourth-order valence-electron chi connectivity index (χ4n) is 2.66. The summed E-state index contributed by atoms with van der Waals surface area (Å²) in [6.45, 7) is 0. The number of hydrogen-bond acceptors (Lipinski definition) is 5. The van der Waals surface area contributed by atoms with Crippen molar-refractivity contribution < 1.29 is 17.9 Å². The molecule has 3 aromatic carbocycles. The lowest BCUT2D eigenvalue weighted by Crippen LogP contribution is -2.13. The van der Waals surface area contributed by atoms with Crippen molar-refractivity contribution in [3.63, 3.8) is 0 Å². The van der Waals surface area contributed by atoms with Gasteiger partial charge in [-0.1, -0.05) is 23.7 Å². The third kappa shape index (κ3) is 4.24. The summed E-state index contributed by atoms with van der Waals surface area (Å²) in [5.74, 6) is 0.0485. The van der Waals surface area contributed by atoms with Gasteiger partial charge < -0.3 is 10.1 Å². The van der Waals surface area contributed by atoms with Gasteiger partial charge in [0.15, 0.2) is 0 Å². The molecule has 0 spiro atoms. The average molecular weight is 427 g/mol. The highest BCUT2D eigenvalue weighted by Crippen LogP contribution is 2.28. The molecule has 0 unspecified atom stereocenters. The summed E-state index contributed by atoms with van der Waals surface area (Å²) >= 11 is 6.02. The highest BCUT2D eigenvalue weighted by atomic mass is 35.5. The summed E-state index contributed by atoms with van der Waals surface area (Å²) in [4.78, 5) is 12.3. The van der Waals surface area contributed by atoms with Gasteiger partial charge in [0, 0.05) is 5.69 Å². The first-order chi connectivity index (χ1) is 13.9. The minimum atomic E-state index is -3.92. The van der Waals surface area contributed by atoms with Gasteiger partial charge in [-0.05, 0) is 54.6 Å². The third-order valence-electron chi connectivity index (χ3n) is 4.14. The Balaban J connectivity index is 1.93. The van der Waals surface area contributed by atoms with Crippen LogP contribution in [-0.2, 0) is 9.84 Å². The number of rotatable bonds is 5. The zero-order valence-corrected chi connectivity index (χ0v) is 16.8. The van der Waals surface area contributed by atoms with E-state index < -0.39 is 15.7 Å². The van der Waals surface area contributed by atoms with Gasteiger partial charge in [-0.3, -0.25) is 4.79 Å². The van der Waals surface area contributed by atoms with E-state index in [1.54, 1.807) is 24.3 Å². The number of nitrogens with one attached hydrogen (secondary N) is 1. The van der Waals surface area contributed by atoms with Crippen molar-refractivity contribution in [3.8, 4) is 11.8 Å². The second kappa shape index (κ2) is 8.35. The number of methoxy groups -OCH3 is 1. The number of ether oxygens (including phenoxy) is 1. The summed E-state index contributed by atoms with van der Waals surface area (Å²) in [6.07, 6.45) is 0.